The molecule has 0 heterocycles. The molecule has 1 aromatic rings. The molecule has 13 heavy (non-hydrogen) atoms. The van der Waals surface area contributed by atoms with Gasteiger partial charge in [0.2, 0.25) is 0 Å². The van der Waals surface area contributed by atoms with Crippen LogP contribution in [0.5, 0.6) is 0 Å². The van der Waals surface area contributed by atoms with Gasteiger partial charge >= 0.3 is 0 Å². The van der Waals surface area contributed by atoms with Crippen molar-refractivity contribution in [2.45, 2.75) is 19.3 Å². The molecule has 1 unspecified atom stereocenters. The van der Waals surface area contributed by atoms with Gasteiger partial charge in [-0.2, -0.15) is 0 Å². The number of hydrogen-bond acceptors (Lipinski definition) is 1. The van der Waals surface area contributed by atoms with Crippen LogP contribution in [0.15, 0.2) is 22.7 Å². The summed E-state index contributed by atoms with van der Waals surface area (Å²) in [6, 6.07) is 4.74. The first-order chi connectivity index (χ1) is 6.15. The van der Waals surface area contributed by atoms with Gasteiger partial charge in [0, 0.05) is 4.47 Å². The van der Waals surface area contributed by atoms with Gasteiger partial charge in [0.25, 0.3) is 0 Å². The van der Waals surface area contributed by atoms with Crippen molar-refractivity contribution in [3.05, 3.63) is 34.1 Å². The summed E-state index contributed by atoms with van der Waals surface area (Å²) in [5.74, 6) is 0.108. The molecule has 0 saturated carbocycles. The third-order valence-electron chi connectivity index (χ3n) is 2.09. The Kier molecular flexibility index (Phi) is 3.88. The van der Waals surface area contributed by atoms with Gasteiger partial charge in [0.1, 0.15) is 5.82 Å². The number of nitrogens with two attached hydrogens (primary N) is 1. The van der Waals surface area contributed by atoms with Crippen LogP contribution in [0, 0.1) is 5.82 Å². The van der Waals surface area contributed by atoms with Crippen molar-refractivity contribution in [3.63, 3.8) is 0 Å². The predicted octanol–water partition coefficient (Wildman–Crippen LogP) is 3.04. The fourth-order valence-electron chi connectivity index (χ4n) is 1.30. The number of hydrogen-bond donors (Lipinski definition) is 1. The van der Waals surface area contributed by atoms with Crippen LogP contribution in [-0.4, -0.2) is 6.54 Å². The summed E-state index contributed by atoms with van der Waals surface area (Å²) in [6.07, 6.45) is 0.877. The Morgan fingerprint density at radius 3 is 2.85 bits per heavy atom. The van der Waals surface area contributed by atoms with Crippen molar-refractivity contribution in [1.82, 2.24) is 0 Å². The highest BCUT2D eigenvalue weighted by atomic mass is 79.9. The molecule has 1 aromatic carbocycles. The lowest BCUT2D eigenvalue weighted by Crippen LogP contribution is -2.05. The minimum absolute atomic E-state index is 0.193. The molecule has 2 N–H and O–H groups in total. The molecule has 1 nitrogen and oxygen atoms in total. The summed E-state index contributed by atoms with van der Waals surface area (Å²) in [7, 11) is 0. The second-order valence-electron chi connectivity index (χ2n) is 3.14. The number of halogens is 2. The van der Waals surface area contributed by atoms with E-state index < -0.39 is 0 Å². The summed E-state index contributed by atoms with van der Waals surface area (Å²) < 4.78 is 13.8. The Bertz CT molecular complexity index is 288. The zero-order valence-electron chi connectivity index (χ0n) is 7.56. The summed E-state index contributed by atoms with van der Waals surface area (Å²) in [6.45, 7) is 2.68. The Morgan fingerprint density at radius 1 is 1.54 bits per heavy atom. The molecule has 3 heteroatoms. The molecular weight excluding hydrogens is 233 g/mol. The summed E-state index contributed by atoms with van der Waals surface area (Å²) >= 11 is 3.39. The van der Waals surface area contributed by atoms with E-state index in [9.17, 15) is 4.39 Å². The van der Waals surface area contributed by atoms with Crippen molar-refractivity contribution in [1.29, 1.82) is 0 Å². The van der Waals surface area contributed by atoms with Crippen LogP contribution in [0.1, 0.15) is 24.8 Å². The zero-order chi connectivity index (χ0) is 9.84. The molecule has 0 amide bonds. The first kappa shape index (κ1) is 10.7. The van der Waals surface area contributed by atoms with Crippen molar-refractivity contribution < 1.29 is 4.39 Å². The van der Waals surface area contributed by atoms with E-state index in [0.717, 1.165) is 16.5 Å². The van der Waals surface area contributed by atoms with Gasteiger partial charge in [-0.3, -0.25) is 0 Å². The summed E-state index contributed by atoms with van der Waals surface area (Å²) in [5, 5.41) is 0. The minimum Gasteiger partial charge on any atom is -0.330 e. The maximum absolute atomic E-state index is 12.9. The highest BCUT2D eigenvalue weighted by molar-refractivity contribution is 9.10. The lowest BCUT2D eigenvalue weighted by Gasteiger charge is -2.12. The number of rotatable bonds is 3. The Balaban J connectivity index is 2.91. The van der Waals surface area contributed by atoms with E-state index in [1.54, 1.807) is 12.1 Å². The summed E-state index contributed by atoms with van der Waals surface area (Å²) in [5.41, 5.74) is 6.44. The van der Waals surface area contributed by atoms with E-state index in [0.29, 0.717) is 12.5 Å². The quantitative estimate of drug-likeness (QED) is 0.871. The van der Waals surface area contributed by atoms with Crippen LogP contribution in [-0.2, 0) is 0 Å². The highest BCUT2D eigenvalue weighted by Gasteiger charge is 2.09. The number of benzene rings is 1. The predicted molar refractivity (Wildman–Crippen MR) is 56.2 cm³/mol. The average Bonchev–Trinajstić information content (AvgIpc) is 2.09. The third kappa shape index (κ3) is 2.78. The first-order valence-electron chi connectivity index (χ1n) is 4.30. The fraction of sp³-hybridized carbons (Fsp3) is 0.400. The topological polar surface area (TPSA) is 26.0 Å². The van der Waals surface area contributed by atoms with Crippen LogP contribution in [0.2, 0.25) is 0 Å². The van der Waals surface area contributed by atoms with Gasteiger partial charge in [-0.15, -0.1) is 0 Å². The largest absolute Gasteiger partial charge is 0.330 e. The molecule has 0 aliphatic heterocycles. The van der Waals surface area contributed by atoms with E-state index >= 15 is 0 Å². The normalized spacial score (nSPS) is 12.9. The van der Waals surface area contributed by atoms with Crippen molar-refractivity contribution in [3.8, 4) is 0 Å². The second kappa shape index (κ2) is 4.72. The van der Waals surface area contributed by atoms with Crippen LogP contribution in [0.3, 0.4) is 0 Å². The standard InChI is InChI=1S/C10H13BrFN/c1-7(4-5-13)9-6-8(12)2-3-10(9)11/h2-3,6-7H,4-5,13H2,1H3. The molecule has 0 saturated heterocycles. The van der Waals surface area contributed by atoms with E-state index in [1.807, 2.05) is 6.92 Å². The fourth-order valence-corrected chi connectivity index (χ4v) is 1.94. The van der Waals surface area contributed by atoms with Gasteiger partial charge in [-0.1, -0.05) is 22.9 Å². The molecule has 0 aliphatic carbocycles. The van der Waals surface area contributed by atoms with Crippen LogP contribution < -0.4 is 5.73 Å². The zero-order valence-corrected chi connectivity index (χ0v) is 9.14. The Morgan fingerprint density at radius 2 is 2.23 bits per heavy atom. The summed E-state index contributed by atoms with van der Waals surface area (Å²) in [4.78, 5) is 0. The van der Waals surface area contributed by atoms with Gasteiger partial charge in [-0.05, 0) is 42.6 Å². The maximum atomic E-state index is 12.9. The molecule has 1 rings (SSSR count). The van der Waals surface area contributed by atoms with Crippen LogP contribution in [0.25, 0.3) is 0 Å². The minimum atomic E-state index is -0.193. The third-order valence-corrected chi connectivity index (χ3v) is 2.81. The van der Waals surface area contributed by atoms with Crippen molar-refractivity contribution in [2.24, 2.45) is 5.73 Å². The van der Waals surface area contributed by atoms with Crippen molar-refractivity contribution >= 4 is 15.9 Å². The van der Waals surface area contributed by atoms with Gasteiger partial charge in [0.15, 0.2) is 0 Å². The molecule has 0 spiro atoms. The van der Waals surface area contributed by atoms with Gasteiger partial charge in [-0.25, -0.2) is 4.39 Å². The molecule has 0 fully saturated rings. The second-order valence-corrected chi connectivity index (χ2v) is 4.00. The SMILES string of the molecule is CC(CCN)c1cc(F)ccc1Br. The first-order valence-corrected chi connectivity index (χ1v) is 5.09. The van der Waals surface area contributed by atoms with E-state index in [2.05, 4.69) is 15.9 Å². The van der Waals surface area contributed by atoms with E-state index in [-0.39, 0.29) is 5.82 Å². The van der Waals surface area contributed by atoms with Gasteiger partial charge in [0.05, 0.1) is 0 Å². The Hall–Kier alpha value is -0.410. The lowest BCUT2D eigenvalue weighted by molar-refractivity contribution is 0.615. The smallest absolute Gasteiger partial charge is 0.123 e. The molecule has 0 radical (unpaired) electrons. The van der Waals surface area contributed by atoms with Gasteiger partial charge < -0.3 is 5.73 Å². The molecule has 1 atom stereocenters. The Labute approximate surface area is 86.3 Å². The van der Waals surface area contributed by atoms with Crippen molar-refractivity contribution in [2.75, 3.05) is 6.54 Å². The van der Waals surface area contributed by atoms with Crippen LogP contribution in [0.4, 0.5) is 4.39 Å². The molecule has 0 bridgehead atoms. The van der Waals surface area contributed by atoms with E-state index in [4.69, 9.17) is 5.73 Å². The maximum Gasteiger partial charge on any atom is 0.123 e. The molecule has 0 aromatic heterocycles. The van der Waals surface area contributed by atoms with Crippen LogP contribution >= 0.6 is 15.9 Å². The average molecular weight is 246 g/mol. The highest BCUT2D eigenvalue weighted by Crippen LogP contribution is 2.27. The molecular formula is C10H13BrFN. The lowest BCUT2D eigenvalue weighted by atomic mass is 9.98. The van der Waals surface area contributed by atoms with E-state index in [1.165, 1.54) is 6.07 Å². The molecule has 0 aliphatic rings. The monoisotopic (exact) mass is 245 g/mol. The molecule has 72 valence electrons.